The zero-order valence-corrected chi connectivity index (χ0v) is 22.8. The van der Waals surface area contributed by atoms with Crippen molar-refractivity contribution in [3.8, 4) is 6.01 Å². The molecular formula is C26H23ClF4N6O3S. The third-order valence-electron chi connectivity index (χ3n) is 6.30. The number of ether oxygens (including phenoxy) is 1. The van der Waals surface area contributed by atoms with Crippen molar-refractivity contribution in [3.63, 3.8) is 0 Å². The van der Waals surface area contributed by atoms with Crippen LogP contribution in [0.4, 0.5) is 35.1 Å². The Morgan fingerprint density at radius 2 is 1.66 bits per heavy atom. The molecule has 0 saturated carbocycles. The van der Waals surface area contributed by atoms with Gasteiger partial charge in [-0.1, -0.05) is 41.9 Å². The number of anilines is 3. The van der Waals surface area contributed by atoms with Crippen molar-refractivity contribution in [1.29, 1.82) is 0 Å². The number of rotatable bonds is 8. The summed E-state index contributed by atoms with van der Waals surface area (Å²) in [7, 11) is -3.74. The SMILES string of the molecule is O=S(=O)(c1ccc2ccccc2c1)N1CCC(Nc2nc(Nc3ccc(F)c(Cl)c3)nc(OCC(F)(F)F)n2)CC1. The second kappa shape index (κ2) is 11.6. The van der Waals surface area contributed by atoms with E-state index in [0.717, 1.165) is 16.8 Å². The third-order valence-corrected chi connectivity index (χ3v) is 8.49. The average Bonchev–Trinajstić information content (AvgIpc) is 2.93. The lowest BCUT2D eigenvalue weighted by molar-refractivity contribution is -0.154. The van der Waals surface area contributed by atoms with Crippen molar-refractivity contribution in [2.45, 2.75) is 30.0 Å². The molecule has 0 spiro atoms. The first-order valence-electron chi connectivity index (χ1n) is 12.4. The normalized spacial score (nSPS) is 15.1. The van der Waals surface area contributed by atoms with Gasteiger partial charge in [-0.3, -0.25) is 0 Å². The summed E-state index contributed by atoms with van der Waals surface area (Å²) >= 11 is 5.80. The first kappa shape index (κ1) is 28.8. The zero-order chi connectivity index (χ0) is 29.2. The highest BCUT2D eigenvalue weighted by atomic mass is 35.5. The molecule has 3 aromatic carbocycles. The average molecular weight is 611 g/mol. The van der Waals surface area contributed by atoms with Crippen LogP contribution in [0.1, 0.15) is 12.8 Å². The second-order valence-corrected chi connectivity index (χ2v) is 11.6. The first-order chi connectivity index (χ1) is 19.5. The molecule has 1 aliphatic heterocycles. The van der Waals surface area contributed by atoms with Crippen molar-refractivity contribution in [1.82, 2.24) is 19.3 Å². The van der Waals surface area contributed by atoms with Crippen LogP contribution in [0.2, 0.25) is 5.02 Å². The number of alkyl halides is 3. The van der Waals surface area contributed by atoms with Crippen LogP contribution in [-0.4, -0.2) is 59.6 Å². The molecule has 0 amide bonds. The molecule has 1 fully saturated rings. The number of halogens is 5. The van der Waals surface area contributed by atoms with E-state index in [-0.39, 0.29) is 46.6 Å². The fraction of sp³-hybridized carbons (Fsp3) is 0.269. The Kier molecular flexibility index (Phi) is 8.16. The Bertz CT molecular complexity index is 1670. The van der Waals surface area contributed by atoms with Gasteiger partial charge in [-0.2, -0.15) is 32.4 Å². The fourth-order valence-electron chi connectivity index (χ4n) is 4.29. The number of piperidine rings is 1. The number of hydrogen-bond acceptors (Lipinski definition) is 8. The highest BCUT2D eigenvalue weighted by molar-refractivity contribution is 7.89. The van der Waals surface area contributed by atoms with Crippen molar-refractivity contribution in [2.24, 2.45) is 0 Å². The van der Waals surface area contributed by atoms with Crippen molar-refractivity contribution in [2.75, 3.05) is 30.3 Å². The van der Waals surface area contributed by atoms with Gasteiger partial charge < -0.3 is 15.4 Å². The van der Waals surface area contributed by atoms with E-state index >= 15 is 0 Å². The molecule has 0 unspecified atom stereocenters. The molecule has 0 radical (unpaired) electrons. The minimum atomic E-state index is -4.62. The van der Waals surface area contributed by atoms with Gasteiger partial charge in [-0.25, -0.2) is 12.8 Å². The number of nitrogens with zero attached hydrogens (tertiary/aromatic N) is 4. The smallest absolute Gasteiger partial charge is 0.422 e. The Balaban J connectivity index is 1.29. The highest BCUT2D eigenvalue weighted by Gasteiger charge is 2.31. The Labute approximate surface area is 237 Å². The van der Waals surface area contributed by atoms with Crippen molar-refractivity contribution in [3.05, 3.63) is 71.5 Å². The van der Waals surface area contributed by atoms with Crippen LogP contribution in [0.15, 0.2) is 65.6 Å². The van der Waals surface area contributed by atoms with Crippen LogP contribution >= 0.6 is 11.6 Å². The predicted molar refractivity (Wildman–Crippen MR) is 145 cm³/mol. The maximum Gasteiger partial charge on any atom is 0.422 e. The fourth-order valence-corrected chi connectivity index (χ4v) is 5.98. The lowest BCUT2D eigenvalue weighted by Crippen LogP contribution is -2.42. The van der Waals surface area contributed by atoms with Gasteiger partial charge >= 0.3 is 12.2 Å². The Morgan fingerprint density at radius 3 is 2.37 bits per heavy atom. The summed E-state index contributed by atoms with van der Waals surface area (Å²) in [5, 5.41) is 7.34. The summed E-state index contributed by atoms with van der Waals surface area (Å²) in [6.45, 7) is -1.22. The summed E-state index contributed by atoms with van der Waals surface area (Å²) in [6, 6.07) is 15.3. The zero-order valence-electron chi connectivity index (χ0n) is 21.2. The maximum absolute atomic E-state index is 13.5. The molecule has 0 atom stereocenters. The predicted octanol–water partition coefficient (Wildman–Crippen LogP) is 5.77. The molecule has 5 rings (SSSR count). The minimum absolute atomic E-state index is 0.0799. The van der Waals surface area contributed by atoms with Crippen LogP contribution in [0.5, 0.6) is 6.01 Å². The van der Waals surface area contributed by atoms with Crippen LogP contribution < -0.4 is 15.4 Å². The van der Waals surface area contributed by atoms with Crippen LogP contribution in [0, 0.1) is 5.82 Å². The molecule has 2 heterocycles. The maximum atomic E-state index is 13.5. The molecule has 1 saturated heterocycles. The third kappa shape index (κ3) is 7.13. The molecule has 0 bridgehead atoms. The van der Waals surface area contributed by atoms with E-state index in [1.807, 2.05) is 24.3 Å². The molecule has 2 N–H and O–H groups in total. The van der Waals surface area contributed by atoms with Gasteiger partial charge in [0.25, 0.3) is 0 Å². The number of sulfonamides is 1. The monoisotopic (exact) mass is 610 g/mol. The van der Waals surface area contributed by atoms with Gasteiger partial charge in [-0.15, -0.1) is 0 Å². The Hall–Kier alpha value is -3.75. The van der Waals surface area contributed by atoms with Crippen molar-refractivity contribution >= 4 is 50.0 Å². The summed E-state index contributed by atoms with van der Waals surface area (Å²) in [5.41, 5.74) is 0.280. The molecule has 1 aromatic heterocycles. The molecule has 15 heteroatoms. The van der Waals surface area contributed by atoms with E-state index in [1.165, 1.54) is 16.4 Å². The van der Waals surface area contributed by atoms with Gasteiger partial charge in [0.05, 0.1) is 9.92 Å². The van der Waals surface area contributed by atoms with Gasteiger partial charge in [0.15, 0.2) is 6.61 Å². The molecule has 216 valence electrons. The molecule has 9 nitrogen and oxygen atoms in total. The van der Waals surface area contributed by atoms with Crippen LogP contribution in [-0.2, 0) is 10.0 Å². The minimum Gasteiger partial charge on any atom is -0.454 e. The highest BCUT2D eigenvalue weighted by Crippen LogP contribution is 2.27. The quantitative estimate of drug-likeness (QED) is 0.242. The van der Waals surface area contributed by atoms with E-state index in [9.17, 15) is 26.0 Å². The topological polar surface area (TPSA) is 109 Å². The van der Waals surface area contributed by atoms with Crippen molar-refractivity contribution < 1.29 is 30.7 Å². The van der Waals surface area contributed by atoms with Crippen LogP contribution in [0.25, 0.3) is 10.8 Å². The molecule has 41 heavy (non-hydrogen) atoms. The standard InChI is InChI=1S/C26H23ClF4N6O3S/c27-21-14-19(6-8-22(21)28)33-24-34-23(35-25(36-24)40-15-26(29,30)31)32-18-9-11-37(12-10-18)41(38,39)20-7-5-16-3-1-2-4-17(16)13-20/h1-8,13-14,18H,9-12,15H2,(H2,32,33,34,35,36). The number of aromatic nitrogens is 3. The van der Waals surface area contributed by atoms with Gasteiger partial charge in [0.1, 0.15) is 5.82 Å². The first-order valence-corrected chi connectivity index (χ1v) is 14.2. The van der Waals surface area contributed by atoms with E-state index < -0.39 is 34.6 Å². The van der Waals surface area contributed by atoms with Gasteiger partial charge in [0, 0.05) is 24.8 Å². The number of benzene rings is 3. The Morgan fingerprint density at radius 1 is 0.951 bits per heavy atom. The van der Waals surface area contributed by atoms with Crippen LogP contribution in [0.3, 0.4) is 0 Å². The van der Waals surface area contributed by atoms with Gasteiger partial charge in [-0.05, 0) is 53.9 Å². The summed E-state index contributed by atoms with van der Waals surface area (Å²) < 4.78 is 84.4. The van der Waals surface area contributed by atoms with Gasteiger partial charge in [0.2, 0.25) is 21.9 Å². The van der Waals surface area contributed by atoms with E-state index in [2.05, 4.69) is 25.6 Å². The number of fused-ring (bicyclic) bond motifs is 1. The number of hydrogen-bond donors (Lipinski definition) is 2. The largest absolute Gasteiger partial charge is 0.454 e. The molecule has 4 aromatic rings. The molecular weight excluding hydrogens is 588 g/mol. The van der Waals surface area contributed by atoms with E-state index in [4.69, 9.17) is 16.3 Å². The lowest BCUT2D eigenvalue weighted by Gasteiger charge is -2.31. The number of nitrogens with one attached hydrogen (secondary N) is 2. The summed E-state index contributed by atoms with van der Waals surface area (Å²) in [4.78, 5) is 12.2. The van der Waals surface area contributed by atoms with E-state index in [0.29, 0.717) is 12.8 Å². The lowest BCUT2D eigenvalue weighted by atomic mass is 10.1. The second-order valence-electron chi connectivity index (χ2n) is 9.25. The summed E-state index contributed by atoms with van der Waals surface area (Å²) in [6.07, 6.45) is -3.86. The van der Waals surface area contributed by atoms with E-state index in [1.54, 1.807) is 18.2 Å². The molecule has 0 aliphatic carbocycles. The molecule has 1 aliphatic rings. The summed E-state index contributed by atoms with van der Waals surface area (Å²) in [5.74, 6) is -0.902.